The van der Waals surface area contributed by atoms with Crippen molar-refractivity contribution in [2.24, 2.45) is 10.9 Å². The van der Waals surface area contributed by atoms with E-state index in [1.807, 2.05) is 26.0 Å². The zero-order valence-corrected chi connectivity index (χ0v) is 21.4. The van der Waals surface area contributed by atoms with E-state index in [0.29, 0.717) is 18.4 Å². The van der Waals surface area contributed by atoms with Gasteiger partial charge in [0.2, 0.25) is 5.89 Å². The van der Waals surface area contributed by atoms with E-state index in [2.05, 4.69) is 44.6 Å². The van der Waals surface area contributed by atoms with Gasteiger partial charge in [0.25, 0.3) is 0 Å². The number of rotatable bonds is 8. The molecule has 7 nitrogen and oxygen atoms in total. The van der Waals surface area contributed by atoms with Crippen molar-refractivity contribution in [3.63, 3.8) is 0 Å². The van der Waals surface area contributed by atoms with Crippen molar-refractivity contribution in [3.8, 4) is 5.75 Å². The fourth-order valence-corrected chi connectivity index (χ4v) is 3.67. The number of guanidine groups is 1. The zero-order chi connectivity index (χ0) is 21.3. The Hall–Kier alpha value is -1.81. The monoisotopic (exact) mass is 541 g/mol. The minimum Gasteiger partial charge on any atom is -0.497 e. The van der Waals surface area contributed by atoms with Crippen molar-refractivity contribution in [3.05, 3.63) is 47.2 Å². The van der Waals surface area contributed by atoms with Crippen molar-refractivity contribution in [1.82, 2.24) is 20.5 Å². The van der Waals surface area contributed by atoms with Crippen LogP contribution in [0.3, 0.4) is 0 Å². The number of nitrogens with zero attached hydrogens (tertiary/aromatic N) is 3. The molecule has 0 radical (unpaired) electrons. The normalized spacial score (nSPS) is 15.4. The van der Waals surface area contributed by atoms with Gasteiger partial charge in [0.05, 0.1) is 12.8 Å². The molecule has 2 heterocycles. The summed E-state index contributed by atoms with van der Waals surface area (Å²) in [5.41, 5.74) is 2.27. The average molecular weight is 541 g/mol. The second-order valence-corrected chi connectivity index (χ2v) is 7.89. The third-order valence-corrected chi connectivity index (χ3v) is 5.62. The van der Waals surface area contributed by atoms with Gasteiger partial charge in [0.15, 0.2) is 5.96 Å². The summed E-state index contributed by atoms with van der Waals surface area (Å²) in [6, 6.07) is 8.38. The van der Waals surface area contributed by atoms with Gasteiger partial charge < -0.3 is 19.8 Å². The lowest BCUT2D eigenvalue weighted by molar-refractivity contribution is 0.178. The second-order valence-electron chi connectivity index (χ2n) is 7.89. The largest absolute Gasteiger partial charge is 0.497 e. The number of nitrogens with one attached hydrogen (secondary N) is 2. The van der Waals surface area contributed by atoms with E-state index in [0.717, 1.165) is 55.9 Å². The van der Waals surface area contributed by atoms with Crippen LogP contribution in [0.2, 0.25) is 0 Å². The molecule has 1 aliphatic rings. The Balaban J connectivity index is 0.00000341. The molecule has 8 heteroatoms. The Labute approximate surface area is 203 Å². The van der Waals surface area contributed by atoms with Gasteiger partial charge in [-0.3, -0.25) is 4.90 Å². The highest BCUT2D eigenvalue weighted by molar-refractivity contribution is 14.0. The number of hydrogen-bond acceptors (Lipinski definition) is 5. The number of hydrogen-bond donors (Lipinski definition) is 2. The number of likely N-dealkylation sites (tertiary alicyclic amines) is 1. The molecule has 1 aromatic carbocycles. The molecule has 31 heavy (non-hydrogen) atoms. The minimum absolute atomic E-state index is 0. The number of piperidine rings is 1. The smallest absolute Gasteiger partial charge is 0.216 e. The van der Waals surface area contributed by atoms with E-state index in [1.165, 1.54) is 18.4 Å². The third kappa shape index (κ3) is 7.99. The van der Waals surface area contributed by atoms with E-state index in [4.69, 9.17) is 9.15 Å². The first-order valence-electron chi connectivity index (χ1n) is 10.9. The van der Waals surface area contributed by atoms with Crippen LogP contribution in [0.5, 0.6) is 5.75 Å². The maximum Gasteiger partial charge on any atom is 0.216 e. The summed E-state index contributed by atoms with van der Waals surface area (Å²) in [5.74, 6) is 3.92. The summed E-state index contributed by atoms with van der Waals surface area (Å²) in [6.07, 6.45) is 2.39. The van der Waals surface area contributed by atoms with Crippen molar-refractivity contribution in [1.29, 1.82) is 0 Å². The first kappa shape index (κ1) is 25.5. The molecule has 172 valence electrons. The van der Waals surface area contributed by atoms with Gasteiger partial charge in [-0.15, -0.1) is 24.0 Å². The lowest BCUT2D eigenvalue weighted by Gasteiger charge is -2.32. The topological polar surface area (TPSA) is 74.9 Å². The molecule has 3 rings (SSSR count). The van der Waals surface area contributed by atoms with E-state index in [1.54, 1.807) is 7.11 Å². The summed E-state index contributed by atoms with van der Waals surface area (Å²) in [5, 5.41) is 6.81. The molecular weight excluding hydrogens is 505 g/mol. The summed E-state index contributed by atoms with van der Waals surface area (Å²) < 4.78 is 10.9. The van der Waals surface area contributed by atoms with E-state index < -0.39 is 0 Å². The van der Waals surface area contributed by atoms with Crippen LogP contribution >= 0.6 is 24.0 Å². The molecule has 0 bridgehead atoms. The molecule has 0 amide bonds. The molecule has 1 aromatic heterocycles. The number of aliphatic imine (C=N–C) groups is 1. The molecular formula is C23H36IN5O2. The van der Waals surface area contributed by atoms with Crippen LogP contribution < -0.4 is 15.4 Å². The van der Waals surface area contributed by atoms with Crippen LogP contribution in [0.4, 0.5) is 0 Å². The van der Waals surface area contributed by atoms with Gasteiger partial charge in [-0.25, -0.2) is 9.98 Å². The van der Waals surface area contributed by atoms with Gasteiger partial charge in [-0.2, -0.15) is 0 Å². The molecule has 1 fully saturated rings. The molecule has 0 spiro atoms. The first-order valence-corrected chi connectivity index (χ1v) is 10.9. The maximum atomic E-state index is 5.62. The Bertz CT molecular complexity index is 794. The summed E-state index contributed by atoms with van der Waals surface area (Å²) >= 11 is 0. The summed E-state index contributed by atoms with van der Waals surface area (Å²) in [7, 11) is 1.70. The standard InChI is InChI=1S/C23H35N5O2.HI/c1-5-24-23(26-15-22-27-17(2)18(3)30-22)25-14-19-10-12-28(13-11-19)16-20-6-8-21(29-4)9-7-20;/h6-9,19H,5,10-16H2,1-4H3,(H2,24,25,26);1H. The predicted octanol–water partition coefficient (Wildman–Crippen LogP) is 3.89. The van der Waals surface area contributed by atoms with E-state index in [-0.39, 0.29) is 24.0 Å². The van der Waals surface area contributed by atoms with Crippen LogP contribution in [-0.2, 0) is 13.1 Å². The maximum absolute atomic E-state index is 5.62. The van der Waals surface area contributed by atoms with Gasteiger partial charge in [0.1, 0.15) is 18.1 Å². The van der Waals surface area contributed by atoms with Crippen molar-refractivity contribution in [2.45, 2.75) is 46.7 Å². The predicted molar refractivity (Wildman–Crippen MR) is 135 cm³/mol. The molecule has 0 atom stereocenters. The van der Waals surface area contributed by atoms with Gasteiger partial charge in [-0.05, 0) is 70.3 Å². The quantitative estimate of drug-likeness (QED) is 0.300. The molecule has 0 aliphatic carbocycles. The number of aryl methyl sites for hydroxylation is 2. The van der Waals surface area contributed by atoms with Crippen LogP contribution in [-0.4, -0.2) is 49.1 Å². The molecule has 0 unspecified atom stereocenters. The van der Waals surface area contributed by atoms with Crippen LogP contribution in [0.15, 0.2) is 33.7 Å². The Morgan fingerprint density at radius 3 is 2.48 bits per heavy atom. The number of halogens is 1. The highest BCUT2D eigenvalue weighted by atomic mass is 127. The molecule has 0 saturated carbocycles. The van der Waals surface area contributed by atoms with Crippen LogP contribution in [0.1, 0.15) is 42.7 Å². The molecule has 1 aliphatic heterocycles. The minimum atomic E-state index is 0. The first-order chi connectivity index (χ1) is 14.6. The fourth-order valence-electron chi connectivity index (χ4n) is 3.67. The van der Waals surface area contributed by atoms with Crippen molar-refractivity contribution >= 4 is 29.9 Å². The van der Waals surface area contributed by atoms with E-state index in [9.17, 15) is 0 Å². The lowest BCUT2D eigenvalue weighted by atomic mass is 9.96. The number of aromatic nitrogens is 1. The number of ether oxygens (including phenoxy) is 1. The van der Waals surface area contributed by atoms with Crippen molar-refractivity contribution in [2.75, 3.05) is 33.3 Å². The lowest BCUT2D eigenvalue weighted by Crippen LogP contribution is -2.42. The highest BCUT2D eigenvalue weighted by Gasteiger charge is 2.19. The Morgan fingerprint density at radius 1 is 1.19 bits per heavy atom. The Morgan fingerprint density at radius 2 is 1.90 bits per heavy atom. The number of oxazole rings is 1. The second kappa shape index (κ2) is 12.9. The van der Waals surface area contributed by atoms with Crippen molar-refractivity contribution < 1.29 is 9.15 Å². The zero-order valence-electron chi connectivity index (χ0n) is 19.1. The third-order valence-electron chi connectivity index (χ3n) is 5.62. The average Bonchev–Trinajstić information content (AvgIpc) is 3.09. The SMILES string of the molecule is CCNC(=NCc1nc(C)c(C)o1)NCC1CCN(Cc2ccc(OC)cc2)CC1.I. The number of benzene rings is 1. The van der Waals surface area contributed by atoms with Crippen LogP contribution in [0, 0.1) is 19.8 Å². The van der Waals surface area contributed by atoms with Crippen LogP contribution in [0.25, 0.3) is 0 Å². The highest BCUT2D eigenvalue weighted by Crippen LogP contribution is 2.19. The van der Waals surface area contributed by atoms with Gasteiger partial charge >= 0.3 is 0 Å². The number of methoxy groups -OCH3 is 1. The fraction of sp³-hybridized carbons (Fsp3) is 0.565. The molecule has 2 N–H and O–H groups in total. The van der Waals surface area contributed by atoms with Gasteiger partial charge in [-0.1, -0.05) is 12.1 Å². The molecule has 1 saturated heterocycles. The summed E-state index contributed by atoms with van der Waals surface area (Å²) in [4.78, 5) is 11.6. The molecule has 2 aromatic rings. The Kier molecular flexibility index (Phi) is 10.6. The summed E-state index contributed by atoms with van der Waals surface area (Å²) in [6.45, 7) is 11.4. The van der Waals surface area contributed by atoms with Gasteiger partial charge in [0, 0.05) is 19.6 Å². The van der Waals surface area contributed by atoms with E-state index >= 15 is 0 Å².